The Hall–Kier alpha value is -2.89. The Kier molecular flexibility index (Phi) is 6.11. The minimum atomic E-state index is -0.675. The van der Waals surface area contributed by atoms with Crippen LogP contribution >= 0.6 is 0 Å². The van der Waals surface area contributed by atoms with E-state index in [1.54, 1.807) is 19.1 Å². The van der Waals surface area contributed by atoms with Gasteiger partial charge in [0.1, 0.15) is 5.75 Å². The van der Waals surface area contributed by atoms with E-state index in [1.807, 2.05) is 31.2 Å². The van der Waals surface area contributed by atoms with Gasteiger partial charge in [0.05, 0.1) is 16.2 Å². The normalized spacial score (nSPS) is 11.6. The van der Waals surface area contributed by atoms with Crippen molar-refractivity contribution in [1.82, 2.24) is 0 Å². The van der Waals surface area contributed by atoms with Crippen LogP contribution in [0.2, 0.25) is 0 Å². The molecule has 25 heavy (non-hydrogen) atoms. The van der Waals surface area contributed by atoms with Crippen molar-refractivity contribution < 1.29 is 14.5 Å². The van der Waals surface area contributed by atoms with Crippen molar-refractivity contribution in [3.8, 4) is 5.75 Å². The van der Waals surface area contributed by atoms with Crippen molar-refractivity contribution >= 4 is 17.3 Å². The summed E-state index contributed by atoms with van der Waals surface area (Å²) in [6, 6.07) is 12.2. The molecule has 0 aliphatic heterocycles. The van der Waals surface area contributed by atoms with Crippen LogP contribution in [0.25, 0.3) is 0 Å². The van der Waals surface area contributed by atoms with Gasteiger partial charge in [0, 0.05) is 6.07 Å². The third-order valence-electron chi connectivity index (χ3n) is 4.03. The molecule has 1 unspecified atom stereocenters. The molecule has 2 aromatic carbocycles. The Morgan fingerprint density at radius 3 is 2.44 bits per heavy atom. The van der Waals surface area contributed by atoms with Crippen LogP contribution in [0, 0.1) is 17.0 Å². The molecule has 0 fully saturated rings. The molecule has 6 heteroatoms. The molecule has 1 N–H and O–H groups in total. The fourth-order valence-corrected chi connectivity index (χ4v) is 2.46. The maximum absolute atomic E-state index is 12.5. The lowest BCUT2D eigenvalue weighted by molar-refractivity contribution is -0.385. The smallest absolute Gasteiger partial charge is 0.274 e. The van der Waals surface area contributed by atoms with Crippen LogP contribution in [-0.4, -0.2) is 16.9 Å². The van der Waals surface area contributed by atoms with Crippen LogP contribution in [0.1, 0.15) is 31.4 Å². The maximum Gasteiger partial charge on any atom is 0.274 e. The zero-order valence-electron chi connectivity index (χ0n) is 14.6. The van der Waals surface area contributed by atoms with Gasteiger partial charge in [-0.15, -0.1) is 0 Å². The largest absolute Gasteiger partial charge is 0.481 e. The van der Waals surface area contributed by atoms with Crippen LogP contribution in [0.15, 0.2) is 42.5 Å². The first-order valence-electron chi connectivity index (χ1n) is 8.26. The molecule has 0 radical (unpaired) electrons. The number of hydrogen-bond acceptors (Lipinski definition) is 4. The second-order valence-corrected chi connectivity index (χ2v) is 5.71. The van der Waals surface area contributed by atoms with E-state index in [1.165, 1.54) is 11.6 Å². The molecule has 2 aromatic rings. The van der Waals surface area contributed by atoms with Crippen LogP contribution in [-0.2, 0) is 11.2 Å². The molecule has 2 rings (SSSR count). The van der Waals surface area contributed by atoms with E-state index in [4.69, 9.17) is 4.74 Å². The monoisotopic (exact) mass is 342 g/mol. The average molecular weight is 342 g/mol. The zero-order chi connectivity index (χ0) is 18.4. The second-order valence-electron chi connectivity index (χ2n) is 5.71. The van der Waals surface area contributed by atoms with Gasteiger partial charge < -0.3 is 10.1 Å². The highest BCUT2D eigenvalue weighted by Crippen LogP contribution is 2.25. The van der Waals surface area contributed by atoms with Gasteiger partial charge in [0.2, 0.25) is 0 Å². The van der Waals surface area contributed by atoms with Gasteiger partial charge in [-0.1, -0.05) is 32.0 Å². The van der Waals surface area contributed by atoms with Gasteiger partial charge >= 0.3 is 0 Å². The van der Waals surface area contributed by atoms with E-state index >= 15 is 0 Å². The van der Waals surface area contributed by atoms with Gasteiger partial charge in [-0.25, -0.2) is 0 Å². The van der Waals surface area contributed by atoms with Crippen molar-refractivity contribution in [3.63, 3.8) is 0 Å². The Bertz CT molecular complexity index is 757. The number of nitrogens with one attached hydrogen (secondary N) is 1. The summed E-state index contributed by atoms with van der Waals surface area (Å²) in [6.07, 6.45) is 0.741. The number of ether oxygens (including phenoxy) is 1. The Labute approximate surface area is 147 Å². The number of rotatable bonds is 7. The lowest BCUT2D eigenvalue weighted by atomic mass is 10.1. The minimum Gasteiger partial charge on any atom is -0.481 e. The summed E-state index contributed by atoms with van der Waals surface area (Å²) in [7, 11) is 0. The number of carbonyl (C=O) groups excluding carboxylic acids is 1. The van der Waals surface area contributed by atoms with E-state index in [2.05, 4.69) is 12.2 Å². The molecular weight excluding hydrogens is 320 g/mol. The molecule has 0 aromatic heterocycles. The van der Waals surface area contributed by atoms with E-state index in [9.17, 15) is 14.9 Å². The summed E-state index contributed by atoms with van der Waals surface area (Å²) in [5.74, 6) is 0.292. The molecule has 0 heterocycles. The number of amides is 1. The highest BCUT2D eigenvalue weighted by Gasteiger charge is 2.21. The van der Waals surface area contributed by atoms with Crippen molar-refractivity contribution in [2.45, 2.75) is 39.7 Å². The highest BCUT2D eigenvalue weighted by atomic mass is 16.6. The SMILES string of the molecule is CCc1ccc(OC(CC)C(=O)Nc2cccc([N+](=O)[O-])c2C)cc1. The average Bonchev–Trinajstić information content (AvgIpc) is 2.61. The fourth-order valence-electron chi connectivity index (χ4n) is 2.46. The third-order valence-corrected chi connectivity index (χ3v) is 4.03. The molecule has 132 valence electrons. The Morgan fingerprint density at radius 1 is 1.20 bits per heavy atom. The number of benzene rings is 2. The summed E-state index contributed by atoms with van der Waals surface area (Å²) < 4.78 is 5.77. The highest BCUT2D eigenvalue weighted by molar-refractivity contribution is 5.95. The van der Waals surface area contributed by atoms with Gasteiger partial charge in [-0.05, 0) is 43.5 Å². The number of nitrogens with zero attached hydrogens (tertiary/aromatic N) is 1. The zero-order valence-corrected chi connectivity index (χ0v) is 14.6. The lowest BCUT2D eigenvalue weighted by Crippen LogP contribution is -2.32. The predicted octanol–water partition coefficient (Wildman–Crippen LogP) is 4.26. The number of nitro groups is 1. The second kappa shape index (κ2) is 8.28. The van der Waals surface area contributed by atoms with E-state index < -0.39 is 11.0 Å². The predicted molar refractivity (Wildman–Crippen MR) is 97.0 cm³/mol. The minimum absolute atomic E-state index is 0.0260. The van der Waals surface area contributed by atoms with Crippen LogP contribution < -0.4 is 10.1 Å². The van der Waals surface area contributed by atoms with Crippen molar-refractivity contribution in [2.75, 3.05) is 5.32 Å². The summed E-state index contributed by atoms with van der Waals surface area (Å²) >= 11 is 0. The topological polar surface area (TPSA) is 81.5 Å². The van der Waals surface area contributed by atoms with E-state index in [-0.39, 0.29) is 11.6 Å². The van der Waals surface area contributed by atoms with E-state index in [0.29, 0.717) is 23.4 Å². The Morgan fingerprint density at radius 2 is 1.88 bits per heavy atom. The number of hydrogen-bond donors (Lipinski definition) is 1. The van der Waals surface area contributed by atoms with Crippen LogP contribution in [0.4, 0.5) is 11.4 Å². The molecule has 0 saturated carbocycles. The molecule has 1 atom stereocenters. The molecule has 0 aliphatic carbocycles. The van der Waals surface area contributed by atoms with Gasteiger partial charge in [-0.3, -0.25) is 14.9 Å². The molecular formula is C19H22N2O4. The lowest BCUT2D eigenvalue weighted by Gasteiger charge is -2.18. The van der Waals surface area contributed by atoms with Crippen LogP contribution in [0.3, 0.4) is 0 Å². The first-order valence-corrected chi connectivity index (χ1v) is 8.26. The van der Waals surface area contributed by atoms with E-state index in [0.717, 1.165) is 6.42 Å². The Balaban J connectivity index is 2.12. The molecule has 6 nitrogen and oxygen atoms in total. The summed E-state index contributed by atoms with van der Waals surface area (Å²) in [4.78, 5) is 23.0. The quantitative estimate of drug-likeness (QED) is 0.602. The van der Waals surface area contributed by atoms with Gasteiger partial charge in [0.15, 0.2) is 6.10 Å². The molecule has 0 aliphatic rings. The third kappa shape index (κ3) is 4.56. The summed E-state index contributed by atoms with van der Waals surface area (Å²) in [5, 5.41) is 13.7. The number of nitro benzene ring substituents is 1. The first-order chi connectivity index (χ1) is 12.0. The fraction of sp³-hybridized carbons (Fsp3) is 0.316. The first kappa shape index (κ1) is 18.4. The summed E-state index contributed by atoms with van der Waals surface area (Å²) in [5.41, 5.74) is 2.00. The maximum atomic E-state index is 12.5. The number of anilines is 1. The molecule has 1 amide bonds. The van der Waals surface area contributed by atoms with Crippen molar-refractivity contribution in [1.29, 1.82) is 0 Å². The van der Waals surface area contributed by atoms with Gasteiger partial charge in [0.25, 0.3) is 11.6 Å². The molecule has 0 spiro atoms. The molecule has 0 bridgehead atoms. The standard InChI is InChI=1S/C19H22N2O4/c1-4-14-9-11-15(12-10-14)25-18(5-2)19(22)20-16-7-6-8-17(13(16)3)21(23)24/h6-12,18H,4-5H2,1-3H3,(H,20,22). The van der Waals surface area contributed by atoms with Gasteiger partial charge in [-0.2, -0.15) is 0 Å². The van der Waals surface area contributed by atoms with Crippen molar-refractivity contribution in [3.05, 3.63) is 63.7 Å². The van der Waals surface area contributed by atoms with Crippen molar-refractivity contribution in [2.24, 2.45) is 0 Å². The number of aryl methyl sites for hydroxylation is 1. The summed E-state index contributed by atoms with van der Waals surface area (Å²) in [6.45, 7) is 5.53. The van der Waals surface area contributed by atoms with Crippen LogP contribution in [0.5, 0.6) is 5.75 Å². The number of carbonyl (C=O) groups is 1. The molecule has 0 saturated heterocycles.